The van der Waals surface area contributed by atoms with Gasteiger partial charge >= 0.3 is 0 Å². The van der Waals surface area contributed by atoms with Gasteiger partial charge in [-0.2, -0.15) is 0 Å². The van der Waals surface area contributed by atoms with Crippen LogP contribution in [0.2, 0.25) is 0 Å². The average molecular weight is 249 g/mol. The summed E-state index contributed by atoms with van der Waals surface area (Å²) in [6, 6.07) is 6.86. The van der Waals surface area contributed by atoms with Gasteiger partial charge in [0.15, 0.2) is 0 Å². The normalized spacial score (nSPS) is 19.7. The maximum absolute atomic E-state index is 13.5. The quantitative estimate of drug-likeness (QED) is 0.799. The first kappa shape index (κ1) is 13.2. The van der Waals surface area contributed by atoms with Crippen LogP contribution in [0.3, 0.4) is 0 Å². The summed E-state index contributed by atoms with van der Waals surface area (Å²) in [5.41, 5.74) is 0.720. The third-order valence-corrected chi connectivity index (χ3v) is 3.69. The summed E-state index contributed by atoms with van der Waals surface area (Å²) in [6.45, 7) is 1.46. The molecule has 0 N–H and O–H groups in total. The molecule has 1 saturated carbocycles. The molecule has 0 saturated heterocycles. The third-order valence-electron chi connectivity index (χ3n) is 3.69. The summed E-state index contributed by atoms with van der Waals surface area (Å²) in [4.78, 5) is 13.6. The zero-order valence-corrected chi connectivity index (χ0v) is 10.9. The van der Waals surface area contributed by atoms with Gasteiger partial charge in [-0.15, -0.1) is 0 Å². The van der Waals surface area contributed by atoms with Crippen LogP contribution in [-0.4, -0.2) is 24.3 Å². The van der Waals surface area contributed by atoms with Gasteiger partial charge in [-0.25, -0.2) is 4.39 Å². The molecular formula is C15H20FNO. The first-order valence-corrected chi connectivity index (χ1v) is 6.61. The Hall–Kier alpha value is -1.22. The molecule has 1 aromatic carbocycles. The van der Waals surface area contributed by atoms with Crippen LogP contribution in [0.25, 0.3) is 0 Å². The van der Waals surface area contributed by atoms with Crippen molar-refractivity contribution in [2.45, 2.75) is 32.2 Å². The number of rotatable bonds is 5. The molecule has 0 spiro atoms. The number of hydrogen-bond acceptors (Lipinski definition) is 2. The molecule has 2 nitrogen and oxygen atoms in total. The van der Waals surface area contributed by atoms with Crippen LogP contribution < -0.4 is 0 Å². The molecule has 1 fully saturated rings. The van der Waals surface area contributed by atoms with Crippen molar-refractivity contribution in [2.24, 2.45) is 5.92 Å². The maximum Gasteiger partial charge on any atom is 0.136 e. The van der Waals surface area contributed by atoms with Crippen molar-refractivity contribution in [3.05, 3.63) is 35.6 Å². The molecule has 1 aliphatic rings. The number of carbonyl (C=O) groups excluding carboxylic acids is 1. The number of benzene rings is 1. The Labute approximate surface area is 108 Å². The van der Waals surface area contributed by atoms with Gasteiger partial charge in [0.25, 0.3) is 0 Å². The predicted octanol–water partition coefficient (Wildman–Crippen LogP) is 3.02. The number of nitrogens with zero attached hydrogens (tertiary/aromatic N) is 1. The van der Waals surface area contributed by atoms with Crippen molar-refractivity contribution in [1.29, 1.82) is 0 Å². The van der Waals surface area contributed by atoms with E-state index < -0.39 is 0 Å². The van der Waals surface area contributed by atoms with E-state index in [1.807, 2.05) is 19.2 Å². The van der Waals surface area contributed by atoms with Crippen molar-refractivity contribution in [1.82, 2.24) is 4.90 Å². The van der Waals surface area contributed by atoms with E-state index in [0.29, 0.717) is 12.3 Å². The number of ketones is 1. The third kappa shape index (κ3) is 3.39. The van der Waals surface area contributed by atoms with Crippen LogP contribution in [0.5, 0.6) is 0 Å². The maximum atomic E-state index is 13.5. The van der Waals surface area contributed by atoms with Crippen LogP contribution in [0.4, 0.5) is 4.39 Å². The first-order valence-electron chi connectivity index (χ1n) is 6.61. The van der Waals surface area contributed by atoms with Crippen LogP contribution in [0, 0.1) is 11.7 Å². The van der Waals surface area contributed by atoms with Crippen molar-refractivity contribution in [3.8, 4) is 0 Å². The molecule has 0 aromatic heterocycles. The van der Waals surface area contributed by atoms with Crippen molar-refractivity contribution >= 4 is 5.78 Å². The minimum absolute atomic E-state index is 0.152. The van der Waals surface area contributed by atoms with E-state index >= 15 is 0 Å². The fourth-order valence-electron chi connectivity index (χ4n) is 2.57. The molecule has 0 amide bonds. The first-order chi connectivity index (χ1) is 8.66. The largest absolute Gasteiger partial charge is 0.302 e. The van der Waals surface area contributed by atoms with Gasteiger partial charge in [0, 0.05) is 24.4 Å². The van der Waals surface area contributed by atoms with Gasteiger partial charge in [-0.1, -0.05) is 18.2 Å². The van der Waals surface area contributed by atoms with Gasteiger partial charge in [0.2, 0.25) is 0 Å². The van der Waals surface area contributed by atoms with Gasteiger partial charge in [-0.3, -0.25) is 4.79 Å². The molecule has 1 aromatic rings. The zero-order chi connectivity index (χ0) is 13.0. The molecule has 0 aliphatic heterocycles. The molecule has 0 radical (unpaired) electrons. The molecule has 0 bridgehead atoms. The lowest BCUT2D eigenvalue weighted by molar-refractivity contribution is -0.120. The van der Waals surface area contributed by atoms with Crippen LogP contribution in [0.1, 0.15) is 31.2 Å². The minimum atomic E-state index is -0.152. The Morgan fingerprint density at radius 2 is 2.17 bits per heavy atom. The number of hydrogen-bond donors (Lipinski definition) is 0. The monoisotopic (exact) mass is 249 g/mol. The second kappa shape index (κ2) is 6.10. The zero-order valence-electron chi connectivity index (χ0n) is 10.9. The van der Waals surface area contributed by atoms with E-state index in [1.165, 1.54) is 6.07 Å². The van der Waals surface area contributed by atoms with Gasteiger partial charge < -0.3 is 4.90 Å². The van der Waals surface area contributed by atoms with Crippen molar-refractivity contribution < 1.29 is 9.18 Å². The Kier molecular flexibility index (Phi) is 4.48. The fourth-order valence-corrected chi connectivity index (χ4v) is 2.57. The Balaban J connectivity index is 1.80. The van der Waals surface area contributed by atoms with Crippen molar-refractivity contribution in [2.75, 3.05) is 13.6 Å². The molecule has 0 heterocycles. The highest BCUT2D eigenvalue weighted by molar-refractivity contribution is 5.82. The summed E-state index contributed by atoms with van der Waals surface area (Å²) in [5.74, 6) is 0.503. The molecular weight excluding hydrogens is 229 g/mol. The second-order valence-corrected chi connectivity index (χ2v) is 5.17. The predicted molar refractivity (Wildman–Crippen MR) is 69.7 cm³/mol. The minimum Gasteiger partial charge on any atom is -0.302 e. The Morgan fingerprint density at radius 1 is 1.39 bits per heavy atom. The van der Waals surface area contributed by atoms with Crippen LogP contribution in [-0.2, 0) is 11.3 Å². The van der Waals surface area contributed by atoms with E-state index in [9.17, 15) is 9.18 Å². The number of halogens is 1. The number of carbonyl (C=O) groups is 1. The summed E-state index contributed by atoms with van der Waals surface area (Å²) >= 11 is 0. The smallest absolute Gasteiger partial charge is 0.136 e. The number of Topliss-reactive ketones (excluding diaryl/α,β-unsaturated/α-hetero) is 1. The fraction of sp³-hybridized carbons (Fsp3) is 0.533. The van der Waals surface area contributed by atoms with Crippen LogP contribution in [0.15, 0.2) is 24.3 Å². The lowest BCUT2D eigenvalue weighted by Crippen LogP contribution is -2.23. The topological polar surface area (TPSA) is 20.3 Å². The molecule has 18 heavy (non-hydrogen) atoms. The van der Waals surface area contributed by atoms with E-state index in [1.54, 1.807) is 6.07 Å². The van der Waals surface area contributed by atoms with Gasteiger partial charge in [0.05, 0.1) is 0 Å². The van der Waals surface area contributed by atoms with E-state index in [4.69, 9.17) is 0 Å². The molecule has 98 valence electrons. The molecule has 1 unspecified atom stereocenters. The van der Waals surface area contributed by atoms with Gasteiger partial charge in [0.1, 0.15) is 11.6 Å². The highest BCUT2D eigenvalue weighted by Gasteiger charge is 2.24. The Morgan fingerprint density at radius 3 is 2.83 bits per heavy atom. The Bertz CT molecular complexity index is 419. The van der Waals surface area contributed by atoms with Crippen LogP contribution >= 0.6 is 0 Å². The van der Waals surface area contributed by atoms with E-state index in [-0.39, 0.29) is 11.7 Å². The summed E-state index contributed by atoms with van der Waals surface area (Å²) in [5, 5.41) is 0. The summed E-state index contributed by atoms with van der Waals surface area (Å²) in [7, 11) is 1.98. The van der Waals surface area contributed by atoms with Crippen molar-refractivity contribution in [3.63, 3.8) is 0 Å². The SMILES string of the molecule is CN(CCC1CCCC1=O)Cc1ccccc1F. The summed E-state index contributed by atoms with van der Waals surface area (Å²) < 4.78 is 13.5. The summed E-state index contributed by atoms with van der Waals surface area (Å²) in [6.07, 6.45) is 3.73. The van der Waals surface area contributed by atoms with E-state index in [0.717, 1.165) is 37.8 Å². The highest BCUT2D eigenvalue weighted by Crippen LogP contribution is 2.24. The van der Waals surface area contributed by atoms with E-state index in [2.05, 4.69) is 4.90 Å². The average Bonchev–Trinajstić information content (AvgIpc) is 2.75. The molecule has 1 atom stereocenters. The van der Waals surface area contributed by atoms with Gasteiger partial charge in [-0.05, 0) is 38.9 Å². The molecule has 3 heteroatoms. The lowest BCUT2D eigenvalue weighted by Gasteiger charge is -2.18. The molecule has 1 aliphatic carbocycles. The second-order valence-electron chi connectivity index (χ2n) is 5.17. The highest BCUT2D eigenvalue weighted by atomic mass is 19.1. The standard InChI is InChI=1S/C15H20FNO/c1-17(10-9-12-6-4-8-15(12)18)11-13-5-2-3-7-14(13)16/h2-3,5,7,12H,4,6,8-11H2,1H3. The lowest BCUT2D eigenvalue weighted by atomic mass is 10.0. The molecule has 2 rings (SSSR count).